The fourth-order valence-electron chi connectivity index (χ4n) is 3.48. The zero-order chi connectivity index (χ0) is 21.8. The number of carbonyl (C=O) groups excluding carboxylic acids is 2. The van der Waals surface area contributed by atoms with Crippen LogP contribution in [0.2, 0.25) is 0 Å². The Bertz CT molecular complexity index is 1050. The van der Waals surface area contributed by atoms with Crippen LogP contribution in [0.4, 0.5) is 10.5 Å². The van der Waals surface area contributed by atoms with Gasteiger partial charge in [-0.15, -0.1) is 0 Å². The Balaban J connectivity index is 1.22. The molecule has 8 nitrogen and oxygen atoms in total. The summed E-state index contributed by atoms with van der Waals surface area (Å²) in [5.74, 6) is 0.357. The molecule has 0 radical (unpaired) electrons. The van der Waals surface area contributed by atoms with Crippen LogP contribution in [-0.4, -0.2) is 52.0 Å². The van der Waals surface area contributed by atoms with E-state index >= 15 is 0 Å². The molecule has 2 aromatic heterocycles. The van der Waals surface area contributed by atoms with Crippen LogP contribution >= 0.6 is 0 Å². The third-order valence-corrected chi connectivity index (χ3v) is 5.33. The molecule has 4 rings (SSSR count). The van der Waals surface area contributed by atoms with Crippen molar-refractivity contribution in [2.75, 3.05) is 25.0 Å². The highest BCUT2D eigenvalue weighted by molar-refractivity contribution is 5.89. The minimum Gasteiger partial charge on any atom is -0.369 e. The van der Waals surface area contributed by atoms with Crippen molar-refractivity contribution in [2.45, 2.75) is 32.4 Å². The summed E-state index contributed by atoms with van der Waals surface area (Å²) in [6.07, 6.45) is 5.59. The first-order valence-electron chi connectivity index (χ1n) is 10.4. The molecule has 2 N–H and O–H groups in total. The van der Waals surface area contributed by atoms with E-state index in [1.807, 2.05) is 71.9 Å². The fourth-order valence-corrected chi connectivity index (χ4v) is 3.48. The number of hydrogen-bond acceptors (Lipinski definition) is 4. The van der Waals surface area contributed by atoms with Crippen LogP contribution in [0.15, 0.2) is 55.0 Å². The van der Waals surface area contributed by atoms with Crippen molar-refractivity contribution in [3.63, 3.8) is 0 Å². The predicted molar refractivity (Wildman–Crippen MR) is 118 cm³/mol. The first-order chi connectivity index (χ1) is 15.0. The second-order valence-electron chi connectivity index (χ2n) is 8.01. The van der Waals surface area contributed by atoms with Crippen molar-refractivity contribution in [3.05, 3.63) is 66.1 Å². The molecular weight excluding hydrogens is 394 g/mol. The normalized spacial score (nSPS) is 14.0. The van der Waals surface area contributed by atoms with E-state index in [9.17, 15) is 9.59 Å². The lowest BCUT2D eigenvalue weighted by atomic mass is 9.91. The number of imidazole rings is 1. The van der Waals surface area contributed by atoms with Crippen LogP contribution in [-0.2, 0) is 16.1 Å². The van der Waals surface area contributed by atoms with Crippen molar-refractivity contribution < 1.29 is 14.3 Å². The highest BCUT2D eigenvalue weighted by atomic mass is 16.5. The Kier molecular flexibility index (Phi) is 6.18. The predicted octanol–water partition coefficient (Wildman–Crippen LogP) is 3.01. The van der Waals surface area contributed by atoms with Gasteiger partial charge in [0, 0.05) is 49.8 Å². The fraction of sp³-hybridized carbons (Fsp3) is 0.348. The number of carbonyl (C=O) groups is 2. The summed E-state index contributed by atoms with van der Waals surface area (Å²) in [6, 6.07) is 11.4. The van der Waals surface area contributed by atoms with E-state index in [0.717, 1.165) is 22.5 Å². The number of pyridine rings is 1. The summed E-state index contributed by atoms with van der Waals surface area (Å²) in [5.41, 5.74) is 3.71. The van der Waals surface area contributed by atoms with E-state index in [2.05, 4.69) is 15.6 Å². The number of rotatable bonds is 7. The highest BCUT2D eigenvalue weighted by Gasteiger charge is 2.31. The van der Waals surface area contributed by atoms with Crippen molar-refractivity contribution >= 4 is 23.3 Å². The lowest BCUT2D eigenvalue weighted by Crippen LogP contribution is -2.50. The van der Waals surface area contributed by atoms with Gasteiger partial charge in [0.25, 0.3) is 0 Å². The minimum atomic E-state index is -0.262. The van der Waals surface area contributed by atoms with Gasteiger partial charge < -0.3 is 24.7 Å². The van der Waals surface area contributed by atoms with Gasteiger partial charge in [-0.05, 0) is 49.2 Å². The Hall–Kier alpha value is -3.39. The van der Waals surface area contributed by atoms with Gasteiger partial charge in [0.05, 0.1) is 6.10 Å². The van der Waals surface area contributed by atoms with Gasteiger partial charge in [-0.3, -0.25) is 4.79 Å². The van der Waals surface area contributed by atoms with E-state index in [4.69, 9.17) is 4.74 Å². The minimum absolute atomic E-state index is 0.0341. The monoisotopic (exact) mass is 421 g/mol. The molecule has 162 valence electrons. The summed E-state index contributed by atoms with van der Waals surface area (Å²) in [4.78, 5) is 30.3. The summed E-state index contributed by atoms with van der Waals surface area (Å²) in [6.45, 7) is 5.80. The summed E-state index contributed by atoms with van der Waals surface area (Å²) in [5, 5.41) is 5.71. The molecule has 0 aliphatic carbocycles. The third kappa shape index (κ3) is 5.21. The first kappa shape index (κ1) is 20.9. The highest BCUT2D eigenvalue weighted by Crippen LogP contribution is 2.28. The number of nitrogens with zero attached hydrogens (tertiary/aromatic N) is 3. The van der Waals surface area contributed by atoms with Gasteiger partial charge in [-0.1, -0.05) is 12.1 Å². The topological polar surface area (TPSA) is 88.0 Å². The number of fused-ring (bicyclic) bond motifs is 1. The van der Waals surface area contributed by atoms with E-state index in [1.165, 1.54) is 0 Å². The molecule has 0 unspecified atom stereocenters. The molecule has 3 heterocycles. The molecule has 0 atom stereocenters. The van der Waals surface area contributed by atoms with E-state index < -0.39 is 0 Å². The number of nitrogens with one attached hydrogen (secondary N) is 2. The summed E-state index contributed by atoms with van der Waals surface area (Å²) >= 11 is 0. The second kappa shape index (κ2) is 9.18. The number of anilines is 1. The third-order valence-electron chi connectivity index (χ3n) is 5.33. The number of aromatic nitrogens is 2. The maximum atomic E-state index is 12.2. The number of amides is 3. The molecule has 0 bridgehead atoms. The van der Waals surface area contributed by atoms with E-state index in [0.29, 0.717) is 25.6 Å². The van der Waals surface area contributed by atoms with E-state index in [-0.39, 0.29) is 24.6 Å². The molecule has 3 amide bonds. The maximum absolute atomic E-state index is 12.2. The van der Waals surface area contributed by atoms with Crippen molar-refractivity contribution in [1.82, 2.24) is 19.6 Å². The number of urea groups is 1. The molecule has 0 spiro atoms. The SMILES string of the molecule is CC(C)OCC(=O)N1CC(c2ccc(NC(=O)NCc3ccn4ccnc4c3)cc2)C1. The van der Waals surface area contributed by atoms with Gasteiger partial charge in [-0.25, -0.2) is 9.78 Å². The Morgan fingerprint density at radius 2 is 1.94 bits per heavy atom. The molecule has 8 heteroatoms. The summed E-state index contributed by atoms with van der Waals surface area (Å²) in [7, 11) is 0. The Morgan fingerprint density at radius 3 is 2.68 bits per heavy atom. The number of likely N-dealkylation sites (tertiary alicyclic amines) is 1. The van der Waals surface area contributed by atoms with E-state index in [1.54, 1.807) is 6.20 Å². The van der Waals surface area contributed by atoms with Crippen LogP contribution in [0.3, 0.4) is 0 Å². The van der Waals surface area contributed by atoms with Crippen LogP contribution in [0.25, 0.3) is 5.65 Å². The van der Waals surface area contributed by atoms with Crippen LogP contribution < -0.4 is 10.6 Å². The zero-order valence-corrected chi connectivity index (χ0v) is 17.7. The molecule has 1 aromatic carbocycles. The number of ether oxygens (including phenoxy) is 1. The summed E-state index contributed by atoms with van der Waals surface area (Å²) < 4.78 is 7.29. The molecule has 1 fully saturated rings. The average Bonchev–Trinajstić information content (AvgIpc) is 3.19. The largest absolute Gasteiger partial charge is 0.369 e. The van der Waals surface area contributed by atoms with Gasteiger partial charge in [0.2, 0.25) is 5.91 Å². The number of benzene rings is 1. The smallest absolute Gasteiger partial charge is 0.319 e. The quantitative estimate of drug-likeness (QED) is 0.614. The number of hydrogen-bond donors (Lipinski definition) is 2. The van der Waals surface area contributed by atoms with Gasteiger partial charge in [0.1, 0.15) is 12.3 Å². The molecule has 0 saturated carbocycles. The second-order valence-corrected chi connectivity index (χ2v) is 8.01. The first-order valence-corrected chi connectivity index (χ1v) is 10.4. The van der Waals surface area contributed by atoms with Crippen LogP contribution in [0, 0.1) is 0 Å². The maximum Gasteiger partial charge on any atom is 0.319 e. The van der Waals surface area contributed by atoms with Gasteiger partial charge in [0.15, 0.2) is 0 Å². The lowest BCUT2D eigenvalue weighted by Gasteiger charge is -2.39. The van der Waals surface area contributed by atoms with Crippen LogP contribution in [0.1, 0.15) is 30.9 Å². The molecule has 1 saturated heterocycles. The molecule has 1 aliphatic heterocycles. The standard InChI is InChI=1S/C23H27N5O3/c1-16(2)31-15-22(29)28-13-19(14-28)18-3-5-20(6-4-18)26-23(30)25-12-17-7-9-27-10-8-24-21(27)11-17/h3-11,16,19H,12-15H2,1-2H3,(H2,25,26,30). The van der Waals surface area contributed by atoms with Crippen LogP contribution in [0.5, 0.6) is 0 Å². The molecule has 31 heavy (non-hydrogen) atoms. The van der Waals surface area contributed by atoms with Crippen molar-refractivity contribution in [2.24, 2.45) is 0 Å². The average molecular weight is 422 g/mol. The van der Waals surface area contributed by atoms with Gasteiger partial charge in [-0.2, -0.15) is 0 Å². The molecule has 3 aromatic rings. The van der Waals surface area contributed by atoms with Crippen molar-refractivity contribution in [3.8, 4) is 0 Å². The lowest BCUT2D eigenvalue weighted by molar-refractivity contribution is -0.142. The zero-order valence-electron chi connectivity index (χ0n) is 17.7. The van der Waals surface area contributed by atoms with Crippen molar-refractivity contribution in [1.29, 1.82) is 0 Å². The molecular formula is C23H27N5O3. The Labute approximate surface area is 181 Å². The Morgan fingerprint density at radius 1 is 1.16 bits per heavy atom. The van der Waals surface area contributed by atoms with Gasteiger partial charge >= 0.3 is 6.03 Å². The molecule has 1 aliphatic rings.